The number of hydrogen-bond acceptors (Lipinski definition) is 0. The standard InChI is InChI=1S/Co.Cr.Fe.K.Mg.V.3H. The quantitative estimate of drug-likeness (QED) is 0.471. The summed E-state index contributed by atoms with van der Waals surface area (Å²) in [5.41, 5.74) is 0. The van der Waals surface area contributed by atoms with Gasteiger partial charge in [0.2, 0.25) is 0 Å². The summed E-state index contributed by atoms with van der Waals surface area (Å²) in [6.07, 6.45) is 0. The maximum atomic E-state index is 0. The largest absolute Gasteiger partial charge is 0.316 e. The second-order valence-electron chi connectivity index (χ2n) is 0. The molecule has 0 aromatic rings. The first-order valence-electron chi connectivity index (χ1n) is 0. The molecule has 0 aliphatic carbocycles. The van der Waals surface area contributed by atoms with E-state index in [1.165, 1.54) is 0 Å². The summed E-state index contributed by atoms with van der Waals surface area (Å²) in [4.78, 5) is 0. The molecule has 0 atom stereocenters. The van der Waals surface area contributed by atoms with Crippen LogP contribution in [0.5, 0.6) is 0 Å². The van der Waals surface area contributed by atoms with E-state index in [9.17, 15) is 0 Å². The van der Waals surface area contributed by atoms with Gasteiger partial charge in [-0.2, -0.15) is 0 Å². The molecule has 0 N–H and O–H groups in total. The average molecular weight is 284 g/mol. The van der Waals surface area contributed by atoms with Crippen LogP contribution in [0.25, 0.3) is 0 Å². The van der Waals surface area contributed by atoms with Gasteiger partial charge in [0.25, 0.3) is 0 Å². The van der Waals surface area contributed by atoms with E-state index in [0.717, 1.165) is 0 Å². The third-order valence-corrected chi connectivity index (χ3v) is 0. The van der Waals surface area contributed by atoms with Crippen LogP contribution in [0, 0.1) is 0 Å². The molecular formula is H3CoCrFeKMgV. The Morgan fingerprint density at radius 2 is 1.00 bits per heavy atom. The predicted octanol–water partition coefficient (Wildman–Crippen LogP) is -1.57. The van der Waals surface area contributed by atoms with Gasteiger partial charge in [-0.1, -0.05) is 0 Å². The summed E-state index contributed by atoms with van der Waals surface area (Å²) in [5, 5.41) is 0. The predicted molar refractivity (Wildman–Crippen MR) is 15.7 cm³/mol. The van der Waals surface area contributed by atoms with Gasteiger partial charge in [-0.3, -0.25) is 0 Å². The zero-order chi connectivity index (χ0) is 0. The van der Waals surface area contributed by atoms with Crippen molar-refractivity contribution < 1.29 is 69.8 Å². The summed E-state index contributed by atoms with van der Waals surface area (Å²) in [7, 11) is 0. The van der Waals surface area contributed by atoms with Gasteiger partial charge < -0.3 is 0 Å². The van der Waals surface area contributed by atoms with Crippen LogP contribution in [0.1, 0.15) is 0 Å². The van der Waals surface area contributed by atoms with E-state index in [-0.39, 0.29) is 144 Å². The fourth-order valence-electron chi connectivity index (χ4n) is 0. The van der Waals surface area contributed by atoms with E-state index in [1.54, 1.807) is 0 Å². The molecule has 0 heterocycles. The van der Waals surface area contributed by atoms with Gasteiger partial charge in [0.15, 0.2) is 0 Å². The summed E-state index contributed by atoms with van der Waals surface area (Å²) >= 11 is 0. The zero-order valence-electron chi connectivity index (χ0n) is 1.54. The van der Waals surface area contributed by atoms with Gasteiger partial charge in [-0.25, -0.2) is 0 Å². The van der Waals surface area contributed by atoms with Crippen LogP contribution in [-0.4, -0.2) is 74.4 Å². The molecule has 0 amide bonds. The average Bonchev–Trinajstić information content (AvgIpc) is 0. The molecule has 0 nitrogen and oxygen atoms in total. The van der Waals surface area contributed by atoms with Crippen LogP contribution >= 0.6 is 0 Å². The normalized spacial score (nSPS) is 0. The minimum atomic E-state index is 0. The van der Waals surface area contributed by atoms with Crippen LogP contribution in [0.15, 0.2) is 0 Å². The molecule has 0 aromatic heterocycles. The van der Waals surface area contributed by atoms with E-state index in [1.807, 2.05) is 0 Å². The van der Waals surface area contributed by atoms with Gasteiger partial charge >= 0.3 is 74.4 Å². The van der Waals surface area contributed by atoms with Gasteiger partial charge in [0, 0.05) is 69.8 Å². The molecule has 0 saturated carbocycles. The molecule has 0 unspecified atom stereocenters. The fourth-order valence-corrected chi connectivity index (χ4v) is 0. The van der Waals surface area contributed by atoms with Crippen molar-refractivity contribution in [1.82, 2.24) is 0 Å². The Morgan fingerprint density at radius 3 is 1.00 bits per heavy atom. The van der Waals surface area contributed by atoms with Gasteiger partial charge in [0.05, 0.1) is 0 Å². The number of hydrogen-bond donors (Lipinski definition) is 0. The van der Waals surface area contributed by atoms with Crippen molar-refractivity contribution in [1.29, 1.82) is 0 Å². The van der Waals surface area contributed by atoms with Crippen molar-refractivity contribution in [3.05, 3.63) is 0 Å². The SMILES string of the molecule is [Co].[Cr].[Fe].[KH].[MgH2].[V]. The molecule has 6 heavy (non-hydrogen) atoms. The van der Waals surface area contributed by atoms with Crippen molar-refractivity contribution in [2.45, 2.75) is 0 Å². The first-order valence-corrected chi connectivity index (χ1v) is 0. The Labute approximate surface area is 140 Å². The monoisotopic (exact) mass is 284 g/mol. The molecule has 34 valence electrons. The van der Waals surface area contributed by atoms with Crippen molar-refractivity contribution in [2.24, 2.45) is 0 Å². The second-order valence-corrected chi connectivity index (χ2v) is 0. The van der Waals surface area contributed by atoms with E-state index >= 15 is 0 Å². The smallest absolute Gasteiger partial charge is 0 e. The van der Waals surface area contributed by atoms with E-state index in [0.29, 0.717) is 0 Å². The Morgan fingerprint density at radius 1 is 1.00 bits per heavy atom. The molecule has 6 heteroatoms. The van der Waals surface area contributed by atoms with E-state index < -0.39 is 0 Å². The van der Waals surface area contributed by atoms with Crippen molar-refractivity contribution >= 4 is 74.4 Å². The summed E-state index contributed by atoms with van der Waals surface area (Å²) < 4.78 is 0. The Bertz CT molecular complexity index is 15.5. The molecule has 0 aromatic carbocycles. The molecule has 0 bridgehead atoms. The maximum Gasteiger partial charge on any atom is 0.316 e. The minimum Gasteiger partial charge on any atom is 0 e. The molecule has 0 saturated heterocycles. The Kier molecular flexibility index (Phi) is 261. The van der Waals surface area contributed by atoms with Crippen molar-refractivity contribution in [3.8, 4) is 0 Å². The zero-order valence-corrected chi connectivity index (χ0v) is 6.36. The van der Waals surface area contributed by atoms with Crippen molar-refractivity contribution in [2.75, 3.05) is 0 Å². The minimum absolute atomic E-state index is 0. The van der Waals surface area contributed by atoms with Crippen LogP contribution < -0.4 is 0 Å². The molecule has 0 rings (SSSR count). The third-order valence-electron chi connectivity index (χ3n) is 0. The molecule has 0 aliphatic rings. The van der Waals surface area contributed by atoms with E-state index in [2.05, 4.69) is 0 Å². The van der Waals surface area contributed by atoms with Gasteiger partial charge in [0.1, 0.15) is 0 Å². The molecule has 0 spiro atoms. The molecular weight excluding hydrogens is 281 g/mol. The summed E-state index contributed by atoms with van der Waals surface area (Å²) in [6, 6.07) is 0. The van der Waals surface area contributed by atoms with Crippen LogP contribution in [-0.2, 0) is 69.8 Å². The van der Waals surface area contributed by atoms with Crippen LogP contribution in [0.2, 0.25) is 0 Å². The summed E-state index contributed by atoms with van der Waals surface area (Å²) in [6.45, 7) is 0. The maximum absolute atomic E-state index is 0. The first kappa shape index (κ1) is 46.5. The van der Waals surface area contributed by atoms with Crippen LogP contribution in [0.4, 0.5) is 0 Å². The van der Waals surface area contributed by atoms with E-state index in [4.69, 9.17) is 0 Å². The number of rotatable bonds is 0. The Hall–Kier alpha value is 4.55. The second kappa shape index (κ2) is 33.7. The molecule has 0 fully saturated rings. The van der Waals surface area contributed by atoms with Gasteiger partial charge in [-0.15, -0.1) is 0 Å². The van der Waals surface area contributed by atoms with Gasteiger partial charge in [-0.05, 0) is 0 Å². The topological polar surface area (TPSA) is 0 Å². The first-order chi connectivity index (χ1) is 0. The molecule has 2 radical (unpaired) electrons. The third kappa shape index (κ3) is 23.5. The van der Waals surface area contributed by atoms with Crippen molar-refractivity contribution in [3.63, 3.8) is 0 Å². The Balaban J connectivity index is 0. The fraction of sp³-hybridized carbons (Fsp3) is 0. The summed E-state index contributed by atoms with van der Waals surface area (Å²) in [5.74, 6) is 0. The van der Waals surface area contributed by atoms with Crippen LogP contribution in [0.3, 0.4) is 0 Å². The molecule has 0 aliphatic heterocycles.